The zero-order valence-corrected chi connectivity index (χ0v) is 19.5. The summed E-state index contributed by atoms with van der Waals surface area (Å²) in [6.45, 7) is 9.55. The van der Waals surface area contributed by atoms with Gasteiger partial charge in [-0.1, -0.05) is 12.7 Å². The summed E-state index contributed by atoms with van der Waals surface area (Å²) >= 11 is 0. The van der Waals surface area contributed by atoms with Crippen molar-refractivity contribution in [1.29, 1.82) is 0 Å². The fourth-order valence-corrected chi connectivity index (χ4v) is 3.93. The molecule has 35 heavy (non-hydrogen) atoms. The summed E-state index contributed by atoms with van der Waals surface area (Å²) in [4.78, 5) is 18.4. The van der Waals surface area contributed by atoms with E-state index in [1.165, 1.54) is 35.2 Å². The number of benzene rings is 1. The minimum Gasteiger partial charge on any atom is -0.444 e. The molecule has 1 saturated heterocycles. The van der Waals surface area contributed by atoms with Crippen LogP contribution in [-0.4, -0.2) is 55.9 Å². The molecule has 186 valence electrons. The zero-order valence-electron chi connectivity index (χ0n) is 19.5. The van der Waals surface area contributed by atoms with Crippen LogP contribution in [0.3, 0.4) is 0 Å². The number of aromatic nitrogens is 3. The first-order valence-electron chi connectivity index (χ1n) is 10.9. The first-order valence-corrected chi connectivity index (χ1v) is 10.9. The molecule has 0 unspecified atom stereocenters. The lowest BCUT2D eigenvalue weighted by Gasteiger charge is -2.39. The summed E-state index contributed by atoms with van der Waals surface area (Å²) in [5.41, 5.74) is 1.83. The second kappa shape index (κ2) is 8.88. The predicted octanol–water partition coefficient (Wildman–Crippen LogP) is 4.79. The van der Waals surface area contributed by atoms with Gasteiger partial charge < -0.3 is 19.5 Å². The largest absolute Gasteiger partial charge is 0.573 e. The molecule has 0 atom stereocenters. The van der Waals surface area contributed by atoms with Crippen LogP contribution < -0.4 is 4.74 Å². The Kier molecular flexibility index (Phi) is 6.22. The molecule has 1 aromatic carbocycles. The number of aliphatic hydroxyl groups excluding tert-OH is 1. The molecule has 0 radical (unpaired) electrons. The molecule has 0 aliphatic carbocycles. The topological polar surface area (TPSA) is 89.7 Å². The van der Waals surface area contributed by atoms with Gasteiger partial charge in [0.15, 0.2) is 5.65 Å². The van der Waals surface area contributed by atoms with Crippen molar-refractivity contribution in [1.82, 2.24) is 19.7 Å². The third kappa shape index (κ3) is 5.09. The molecule has 0 spiro atoms. The number of amides is 1. The van der Waals surface area contributed by atoms with Crippen LogP contribution in [-0.2, 0) is 11.3 Å². The molecular formula is C24H25F3N4O4. The van der Waals surface area contributed by atoms with E-state index in [9.17, 15) is 23.1 Å². The predicted molar refractivity (Wildman–Crippen MR) is 122 cm³/mol. The lowest BCUT2D eigenvalue weighted by atomic mass is 9.93. The molecular weight excluding hydrogens is 465 g/mol. The molecule has 1 fully saturated rings. The van der Waals surface area contributed by atoms with E-state index in [1.54, 1.807) is 31.7 Å². The number of rotatable bonds is 5. The smallest absolute Gasteiger partial charge is 0.444 e. The monoisotopic (exact) mass is 490 g/mol. The fraction of sp³-hybridized carbons (Fsp3) is 0.375. The number of nitrogens with zero attached hydrogens (tertiary/aromatic N) is 4. The molecule has 1 aliphatic rings. The second-order valence-electron chi connectivity index (χ2n) is 9.18. The average Bonchev–Trinajstić information content (AvgIpc) is 3.09. The van der Waals surface area contributed by atoms with Crippen LogP contribution in [0.5, 0.6) is 5.75 Å². The van der Waals surface area contributed by atoms with Gasteiger partial charge in [-0.3, -0.25) is 0 Å². The molecule has 11 heteroatoms. The van der Waals surface area contributed by atoms with Crippen molar-refractivity contribution in [2.45, 2.75) is 45.3 Å². The van der Waals surface area contributed by atoms with Crippen molar-refractivity contribution >= 4 is 23.2 Å². The molecule has 0 bridgehead atoms. The van der Waals surface area contributed by atoms with Gasteiger partial charge in [0.05, 0.1) is 18.0 Å². The number of carbonyl (C=O) groups is 1. The van der Waals surface area contributed by atoms with E-state index in [1.807, 2.05) is 0 Å². The average molecular weight is 490 g/mol. The first-order chi connectivity index (χ1) is 16.4. The van der Waals surface area contributed by atoms with Crippen molar-refractivity contribution < 1.29 is 32.5 Å². The maximum absolute atomic E-state index is 12.7. The van der Waals surface area contributed by atoms with E-state index in [0.717, 1.165) is 0 Å². The van der Waals surface area contributed by atoms with Crippen LogP contribution in [0.1, 0.15) is 43.5 Å². The minimum absolute atomic E-state index is 0.138. The maximum atomic E-state index is 12.7. The number of halogens is 3. The first kappa shape index (κ1) is 24.5. The molecule has 1 N–H and O–H groups in total. The molecule has 1 amide bonds. The number of aliphatic hydroxyl groups is 1. The Labute approximate surface area is 199 Å². The van der Waals surface area contributed by atoms with E-state index >= 15 is 0 Å². The Balaban J connectivity index is 1.73. The highest BCUT2D eigenvalue weighted by atomic mass is 19.4. The number of ether oxygens (including phenoxy) is 2. The summed E-state index contributed by atoms with van der Waals surface area (Å²) in [7, 11) is 0. The molecule has 0 saturated carbocycles. The van der Waals surface area contributed by atoms with Gasteiger partial charge in [0.1, 0.15) is 11.4 Å². The van der Waals surface area contributed by atoms with E-state index in [-0.39, 0.29) is 18.3 Å². The Bertz CT molecular complexity index is 1270. The Hall–Kier alpha value is -3.60. The summed E-state index contributed by atoms with van der Waals surface area (Å²) in [5, 5.41) is 15.3. The number of alkyl halides is 3. The van der Waals surface area contributed by atoms with Gasteiger partial charge >= 0.3 is 12.5 Å². The second-order valence-corrected chi connectivity index (χ2v) is 9.18. The van der Waals surface area contributed by atoms with Crippen LogP contribution >= 0.6 is 0 Å². The van der Waals surface area contributed by atoms with E-state index in [2.05, 4.69) is 16.3 Å². The summed E-state index contributed by atoms with van der Waals surface area (Å²) in [6.07, 6.45) is -2.33. The molecule has 3 heterocycles. The Morgan fingerprint density at radius 2 is 1.97 bits per heavy atom. The number of carbonyl (C=O) groups excluding carboxylic acids is 1. The number of hydrogen-bond donors (Lipinski definition) is 1. The summed E-state index contributed by atoms with van der Waals surface area (Å²) < 4.78 is 49.0. The number of hydrogen-bond acceptors (Lipinski definition) is 6. The quantitative estimate of drug-likeness (QED) is 0.553. The molecule has 8 nitrogen and oxygen atoms in total. The highest BCUT2D eigenvalue weighted by Crippen LogP contribution is 2.36. The number of fused-ring (bicyclic) bond motifs is 1. The van der Waals surface area contributed by atoms with Gasteiger partial charge in [-0.05, 0) is 50.6 Å². The van der Waals surface area contributed by atoms with Crippen LogP contribution in [0, 0.1) is 0 Å². The molecule has 4 rings (SSSR count). The summed E-state index contributed by atoms with van der Waals surface area (Å²) in [5.74, 6) is -0.523. The Morgan fingerprint density at radius 1 is 1.26 bits per heavy atom. The van der Waals surface area contributed by atoms with Crippen molar-refractivity contribution in [3.8, 4) is 11.4 Å². The van der Waals surface area contributed by atoms with Crippen LogP contribution in [0.2, 0.25) is 0 Å². The molecule has 3 aromatic rings. The van der Waals surface area contributed by atoms with Gasteiger partial charge in [-0.2, -0.15) is 5.10 Å². The van der Waals surface area contributed by atoms with Crippen LogP contribution in [0.4, 0.5) is 18.0 Å². The minimum atomic E-state index is -4.83. The normalized spacial score (nSPS) is 14.7. The van der Waals surface area contributed by atoms with Crippen molar-refractivity contribution in [2.24, 2.45) is 0 Å². The van der Waals surface area contributed by atoms with Crippen LogP contribution in [0.25, 0.3) is 22.8 Å². The lowest BCUT2D eigenvalue weighted by Crippen LogP contribution is -2.50. The van der Waals surface area contributed by atoms with Gasteiger partial charge in [0.25, 0.3) is 0 Å². The number of likely N-dealkylation sites (tertiary alicyclic amines) is 1. The highest BCUT2D eigenvalue weighted by Gasteiger charge is 2.38. The van der Waals surface area contributed by atoms with Gasteiger partial charge in [0.2, 0.25) is 0 Å². The van der Waals surface area contributed by atoms with Crippen molar-refractivity contribution in [2.75, 3.05) is 13.1 Å². The van der Waals surface area contributed by atoms with Crippen molar-refractivity contribution in [3.63, 3.8) is 0 Å². The summed E-state index contributed by atoms with van der Waals surface area (Å²) in [6, 6.07) is 5.52. The Morgan fingerprint density at radius 3 is 2.57 bits per heavy atom. The van der Waals surface area contributed by atoms with E-state index in [0.29, 0.717) is 46.6 Å². The van der Waals surface area contributed by atoms with Gasteiger partial charge in [0, 0.05) is 36.2 Å². The maximum Gasteiger partial charge on any atom is 0.573 e. The SMILES string of the molecule is C=Cc1cc(OC(F)(F)F)ccc1-n1nc(C2CN(C(=O)OC(C)(C)C)C2)c2c(CO)ccnc21. The highest BCUT2D eigenvalue weighted by molar-refractivity contribution is 5.85. The fourth-order valence-electron chi connectivity index (χ4n) is 3.93. The molecule has 1 aliphatic heterocycles. The lowest BCUT2D eigenvalue weighted by molar-refractivity contribution is -0.274. The van der Waals surface area contributed by atoms with Crippen molar-refractivity contribution in [3.05, 3.63) is 53.9 Å². The third-order valence-electron chi connectivity index (χ3n) is 5.45. The zero-order chi connectivity index (χ0) is 25.5. The number of pyridine rings is 1. The van der Waals surface area contributed by atoms with E-state index < -0.39 is 18.1 Å². The molecule has 2 aromatic heterocycles. The van der Waals surface area contributed by atoms with E-state index in [4.69, 9.17) is 9.84 Å². The van der Waals surface area contributed by atoms with Gasteiger partial charge in [-0.15, -0.1) is 13.2 Å². The third-order valence-corrected chi connectivity index (χ3v) is 5.45. The van der Waals surface area contributed by atoms with Crippen LogP contribution in [0.15, 0.2) is 37.0 Å². The van der Waals surface area contributed by atoms with Gasteiger partial charge in [-0.25, -0.2) is 14.5 Å². The standard InChI is InChI=1S/C24H25F3N4O4/c1-5-14-10-17(34-24(25,26)27)6-7-18(14)31-21-19(15(13-32)8-9-28-21)20(29-31)16-11-30(12-16)22(33)35-23(2,3)4/h5-10,16,32H,1,11-13H2,2-4H3.